The molecular formula is C30H61NO3. The Hall–Kier alpha value is -0.160. The van der Waals surface area contributed by atoms with Gasteiger partial charge in [0.2, 0.25) is 0 Å². The molecule has 204 valence electrons. The molecule has 0 aromatic rings. The third-order valence-corrected chi connectivity index (χ3v) is 7.22. The van der Waals surface area contributed by atoms with Crippen molar-refractivity contribution in [2.45, 2.75) is 148 Å². The van der Waals surface area contributed by atoms with Crippen molar-refractivity contribution in [3.8, 4) is 0 Å². The second kappa shape index (κ2) is 25.9. The van der Waals surface area contributed by atoms with Crippen LogP contribution in [0.5, 0.6) is 0 Å². The molecule has 1 fully saturated rings. The second-order valence-electron chi connectivity index (χ2n) is 10.7. The largest absolute Gasteiger partial charge is 0.388 e. The molecule has 1 aliphatic rings. The molecule has 0 radical (unpaired) electrons. The minimum absolute atomic E-state index is 0.410. The van der Waals surface area contributed by atoms with E-state index in [-0.39, 0.29) is 0 Å². The lowest BCUT2D eigenvalue weighted by Gasteiger charge is -2.14. The molecule has 4 nitrogen and oxygen atoms in total. The van der Waals surface area contributed by atoms with E-state index in [1.165, 1.54) is 142 Å². The Morgan fingerprint density at radius 1 is 0.559 bits per heavy atom. The number of rotatable bonds is 27. The molecule has 0 saturated carbocycles. The molecule has 1 N–H and O–H groups in total. The van der Waals surface area contributed by atoms with Gasteiger partial charge in [0, 0.05) is 13.2 Å². The van der Waals surface area contributed by atoms with Crippen LogP contribution in [-0.2, 0) is 9.47 Å². The Kier molecular flexibility index (Phi) is 24.3. The summed E-state index contributed by atoms with van der Waals surface area (Å²) in [6.07, 6.45) is 27.9. The van der Waals surface area contributed by atoms with Gasteiger partial charge in [-0.1, -0.05) is 110 Å². The summed E-state index contributed by atoms with van der Waals surface area (Å²) in [6, 6.07) is 0. The summed E-state index contributed by atoms with van der Waals surface area (Å²) < 4.78 is 11.3. The monoisotopic (exact) mass is 483 g/mol. The fourth-order valence-corrected chi connectivity index (χ4v) is 4.96. The Labute approximate surface area is 213 Å². The van der Waals surface area contributed by atoms with Gasteiger partial charge in [-0.15, -0.1) is 0 Å². The van der Waals surface area contributed by atoms with Crippen molar-refractivity contribution in [2.75, 3.05) is 46.1 Å². The summed E-state index contributed by atoms with van der Waals surface area (Å²) >= 11 is 0. The lowest BCUT2D eigenvalue weighted by molar-refractivity contribution is -0.0201. The minimum Gasteiger partial charge on any atom is -0.388 e. The summed E-state index contributed by atoms with van der Waals surface area (Å²) in [5.74, 6) is 0. The molecule has 1 unspecified atom stereocenters. The fourth-order valence-electron chi connectivity index (χ4n) is 4.96. The maximum atomic E-state index is 9.99. The van der Waals surface area contributed by atoms with Crippen LogP contribution in [0.4, 0.5) is 0 Å². The molecule has 34 heavy (non-hydrogen) atoms. The van der Waals surface area contributed by atoms with Gasteiger partial charge in [0.1, 0.15) is 6.10 Å². The summed E-state index contributed by atoms with van der Waals surface area (Å²) in [7, 11) is 0. The van der Waals surface area contributed by atoms with Crippen LogP contribution in [0.25, 0.3) is 0 Å². The topological polar surface area (TPSA) is 41.9 Å². The fraction of sp³-hybridized carbons (Fsp3) is 1.00. The number of ether oxygens (including phenoxy) is 2. The lowest BCUT2D eigenvalue weighted by Crippen LogP contribution is -2.22. The summed E-state index contributed by atoms with van der Waals surface area (Å²) in [5.41, 5.74) is 0. The highest BCUT2D eigenvalue weighted by Crippen LogP contribution is 2.13. The van der Waals surface area contributed by atoms with Crippen molar-refractivity contribution in [1.82, 2.24) is 4.90 Å². The predicted molar refractivity (Wildman–Crippen MR) is 147 cm³/mol. The van der Waals surface area contributed by atoms with Gasteiger partial charge in [-0.2, -0.15) is 0 Å². The molecule has 0 aliphatic carbocycles. The van der Waals surface area contributed by atoms with Gasteiger partial charge >= 0.3 is 0 Å². The molecule has 0 bridgehead atoms. The number of aliphatic hydroxyl groups is 1. The Bertz CT molecular complexity index is 387. The van der Waals surface area contributed by atoms with Crippen LogP contribution in [0.2, 0.25) is 0 Å². The number of nitrogens with zero attached hydrogens (tertiary/aromatic N) is 1. The van der Waals surface area contributed by atoms with E-state index in [0.717, 1.165) is 26.1 Å². The van der Waals surface area contributed by atoms with E-state index in [1.54, 1.807) is 0 Å². The van der Waals surface area contributed by atoms with Gasteiger partial charge < -0.3 is 19.5 Å². The van der Waals surface area contributed by atoms with Crippen molar-refractivity contribution >= 4 is 0 Å². The zero-order valence-electron chi connectivity index (χ0n) is 23.1. The van der Waals surface area contributed by atoms with Crippen LogP contribution >= 0.6 is 0 Å². The van der Waals surface area contributed by atoms with E-state index in [4.69, 9.17) is 9.47 Å². The Balaban J connectivity index is 1.67. The first-order valence-corrected chi connectivity index (χ1v) is 15.4. The number of hydrogen-bond acceptors (Lipinski definition) is 4. The summed E-state index contributed by atoms with van der Waals surface area (Å²) in [5, 5.41) is 9.99. The van der Waals surface area contributed by atoms with E-state index >= 15 is 0 Å². The molecule has 0 amide bonds. The maximum Gasteiger partial charge on any atom is 0.101 e. The van der Waals surface area contributed by atoms with Crippen LogP contribution in [-0.4, -0.2) is 62.2 Å². The molecular weight excluding hydrogens is 422 g/mol. The molecule has 0 aromatic carbocycles. The molecule has 0 spiro atoms. The quantitative estimate of drug-likeness (QED) is 0.121. The minimum atomic E-state index is -0.480. The van der Waals surface area contributed by atoms with Gasteiger partial charge in [0.25, 0.3) is 0 Å². The standard InChI is InChI=1S/C30H61NO3/c1-2-3-4-5-6-7-8-9-10-11-12-13-16-21-26-33-28-30(32)29-34-27-22-17-14-15-18-23-31-24-19-20-25-31/h30,32H,2-29H2,1H3. The Morgan fingerprint density at radius 2 is 0.941 bits per heavy atom. The smallest absolute Gasteiger partial charge is 0.101 e. The van der Waals surface area contributed by atoms with Crippen LogP contribution in [0.3, 0.4) is 0 Å². The van der Waals surface area contributed by atoms with E-state index in [1.807, 2.05) is 0 Å². The normalized spacial score (nSPS) is 15.4. The van der Waals surface area contributed by atoms with E-state index in [2.05, 4.69) is 11.8 Å². The number of hydrogen-bond donors (Lipinski definition) is 1. The summed E-state index contributed by atoms with van der Waals surface area (Å²) in [6.45, 7) is 8.58. The molecule has 1 aliphatic heterocycles. The van der Waals surface area contributed by atoms with Gasteiger partial charge in [0.05, 0.1) is 13.2 Å². The van der Waals surface area contributed by atoms with Crippen LogP contribution in [0.15, 0.2) is 0 Å². The number of likely N-dealkylation sites (tertiary alicyclic amines) is 1. The highest BCUT2D eigenvalue weighted by molar-refractivity contribution is 4.65. The predicted octanol–water partition coefficient (Wildman–Crippen LogP) is 7.91. The van der Waals surface area contributed by atoms with Gasteiger partial charge in [-0.25, -0.2) is 0 Å². The SMILES string of the molecule is CCCCCCCCCCCCCCCCOCC(O)COCCCCCCCN1CCCC1. The first kappa shape index (κ1) is 31.9. The third-order valence-electron chi connectivity index (χ3n) is 7.22. The highest BCUT2D eigenvalue weighted by Gasteiger charge is 2.10. The van der Waals surface area contributed by atoms with Crippen molar-refractivity contribution in [1.29, 1.82) is 0 Å². The van der Waals surface area contributed by atoms with Crippen LogP contribution < -0.4 is 0 Å². The average Bonchev–Trinajstić information content (AvgIpc) is 3.36. The Morgan fingerprint density at radius 3 is 1.38 bits per heavy atom. The first-order chi connectivity index (χ1) is 16.8. The van der Waals surface area contributed by atoms with E-state index in [0.29, 0.717) is 13.2 Å². The van der Waals surface area contributed by atoms with Crippen molar-refractivity contribution < 1.29 is 14.6 Å². The van der Waals surface area contributed by atoms with Crippen LogP contribution in [0, 0.1) is 0 Å². The van der Waals surface area contributed by atoms with Gasteiger partial charge in [-0.05, 0) is 51.7 Å². The lowest BCUT2D eigenvalue weighted by atomic mass is 10.0. The van der Waals surface area contributed by atoms with Gasteiger partial charge in [0.15, 0.2) is 0 Å². The third kappa shape index (κ3) is 22.3. The maximum absolute atomic E-state index is 9.99. The number of unbranched alkanes of at least 4 members (excludes halogenated alkanes) is 17. The molecule has 0 aromatic heterocycles. The van der Waals surface area contributed by atoms with Crippen LogP contribution in [0.1, 0.15) is 142 Å². The summed E-state index contributed by atoms with van der Waals surface area (Å²) in [4.78, 5) is 2.60. The first-order valence-electron chi connectivity index (χ1n) is 15.4. The van der Waals surface area contributed by atoms with Crippen molar-refractivity contribution in [3.05, 3.63) is 0 Å². The second-order valence-corrected chi connectivity index (χ2v) is 10.7. The number of aliphatic hydroxyl groups excluding tert-OH is 1. The molecule has 1 rings (SSSR count). The average molecular weight is 484 g/mol. The van der Waals surface area contributed by atoms with E-state index < -0.39 is 6.10 Å². The molecule has 1 saturated heterocycles. The van der Waals surface area contributed by atoms with E-state index in [9.17, 15) is 5.11 Å². The zero-order chi connectivity index (χ0) is 24.4. The zero-order valence-corrected chi connectivity index (χ0v) is 23.1. The molecule has 1 heterocycles. The molecule has 1 atom stereocenters. The highest BCUT2D eigenvalue weighted by atomic mass is 16.5. The van der Waals surface area contributed by atoms with Crippen molar-refractivity contribution in [3.63, 3.8) is 0 Å². The molecule has 4 heteroatoms. The van der Waals surface area contributed by atoms with Gasteiger partial charge in [-0.3, -0.25) is 0 Å². The van der Waals surface area contributed by atoms with Crippen molar-refractivity contribution in [2.24, 2.45) is 0 Å².